The molecule has 3 saturated heterocycles. The molecule has 0 saturated carbocycles. The molecule has 0 bridgehead atoms. The Morgan fingerprint density at radius 2 is 2.11 bits per heavy atom. The lowest BCUT2D eigenvalue weighted by atomic mass is 9.92. The first-order valence-corrected chi connectivity index (χ1v) is 13.1. The van der Waals surface area contributed by atoms with Crippen LogP contribution in [0.15, 0.2) is 30.9 Å². The molecule has 200 valence electrons. The fraction of sp³-hybridized carbons (Fsp3) is 0.444. The summed E-state index contributed by atoms with van der Waals surface area (Å²) >= 11 is 6.79. The molecule has 0 radical (unpaired) electrons. The number of hydrogen-bond acceptors (Lipinski definition) is 7. The molecule has 2 amide bonds. The molecule has 1 aromatic carbocycles. The minimum Gasteiger partial charge on any atom is -0.507 e. The highest BCUT2D eigenvalue weighted by Gasteiger charge is 2.50. The third-order valence-corrected chi connectivity index (χ3v) is 8.41. The van der Waals surface area contributed by atoms with Crippen molar-refractivity contribution in [1.29, 1.82) is 0 Å². The Balaban J connectivity index is 1.50. The number of fused-ring (bicyclic) bond motifs is 2. The Kier molecular flexibility index (Phi) is 5.99. The van der Waals surface area contributed by atoms with Gasteiger partial charge in [-0.1, -0.05) is 24.2 Å². The van der Waals surface area contributed by atoms with Crippen LogP contribution in [0.4, 0.5) is 10.2 Å². The van der Waals surface area contributed by atoms with Gasteiger partial charge in [-0.05, 0) is 31.6 Å². The summed E-state index contributed by atoms with van der Waals surface area (Å²) in [4.78, 5) is 36.5. The molecule has 4 aliphatic heterocycles. The van der Waals surface area contributed by atoms with E-state index >= 15 is 4.39 Å². The van der Waals surface area contributed by atoms with Crippen LogP contribution < -0.4 is 9.64 Å². The smallest absolute Gasteiger partial charge is 0.261 e. The molecule has 9 nitrogen and oxygen atoms in total. The Bertz CT molecular complexity index is 1330. The topological polar surface area (TPSA) is 95.4 Å². The molecule has 6 rings (SSSR count). The first kappa shape index (κ1) is 24.9. The molecule has 3 atom stereocenters. The Hall–Kier alpha value is -3.37. The lowest BCUT2D eigenvalue weighted by Gasteiger charge is -2.40. The van der Waals surface area contributed by atoms with Gasteiger partial charge in [-0.2, -0.15) is 0 Å². The van der Waals surface area contributed by atoms with E-state index in [0.717, 1.165) is 12.8 Å². The van der Waals surface area contributed by atoms with Gasteiger partial charge in [0.15, 0.2) is 5.75 Å². The minimum absolute atomic E-state index is 0.00479. The summed E-state index contributed by atoms with van der Waals surface area (Å²) in [6.07, 6.45) is 2.91. The quantitative estimate of drug-likeness (QED) is 0.595. The largest absolute Gasteiger partial charge is 0.507 e. The molecule has 1 N–H and O–H groups in total. The number of halogens is 2. The zero-order valence-electron chi connectivity index (χ0n) is 21.0. The van der Waals surface area contributed by atoms with E-state index in [9.17, 15) is 14.7 Å². The number of piperazine rings is 1. The molecule has 5 heterocycles. The van der Waals surface area contributed by atoms with Gasteiger partial charge >= 0.3 is 0 Å². The normalized spacial score (nSPS) is 26.4. The van der Waals surface area contributed by atoms with E-state index in [4.69, 9.17) is 26.1 Å². The highest BCUT2D eigenvalue weighted by molar-refractivity contribution is 6.35. The number of phenolic OH excluding ortho intramolecular Hbond substituents is 1. The molecule has 1 aromatic heterocycles. The van der Waals surface area contributed by atoms with Gasteiger partial charge in [-0.3, -0.25) is 9.59 Å². The number of carbonyl (C=O) groups excluding carboxylic acids is 2. The standard InChI is InChI=1S/C27H28ClFN4O5/c1-3-19(35)31-8-9-32-16(12-31)13-37-24-21(26(32)36)25(33-14-27(7-10-38-27)11-15(33)2)30-23(22(24)28)20-17(29)5-4-6-18(20)34/h3-6,15-16,34H,1,7-14H2,2H3/t15?,16-,27?/m1/s1. The molecule has 2 aromatic rings. The maximum atomic E-state index is 15.0. The SMILES string of the molecule is C=CC(=O)N1CCN2C(=O)c3c(N4CC5(CCO5)CC4C)nc(-c4c(O)cccc4F)c(Cl)c3OC[C@H]2C1. The zero-order chi connectivity index (χ0) is 26.8. The maximum Gasteiger partial charge on any atom is 0.261 e. The summed E-state index contributed by atoms with van der Waals surface area (Å²) in [5.41, 5.74) is -0.288. The number of pyridine rings is 1. The molecule has 0 aliphatic carbocycles. The van der Waals surface area contributed by atoms with Crippen molar-refractivity contribution >= 4 is 29.2 Å². The predicted molar refractivity (Wildman–Crippen MR) is 138 cm³/mol. The van der Waals surface area contributed by atoms with Gasteiger partial charge in [0.1, 0.15) is 40.3 Å². The average molecular weight is 543 g/mol. The molecule has 2 unspecified atom stereocenters. The number of rotatable bonds is 3. The number of carbonyl (C=O) groups is 2. The van der Waals surface area contributed by atoms with Crippen molar-refractivity contribution in [2.75, 3.05) is 44.3 Å². The van der Waals surface area contributed by atoms with Gasteiger partial charge in [0.25, 0.3) is 5.91 Å². The van der Waals surface area contributed by atoms with Gasteiger partial charge in [0.05, 0.1) is 23.8 Å². The zero-order valence-corrected chi connectivity index (χ0v) is 21.7. The van der Waals surface area contributed by atoms with Crippen molar-refractivity contribution in [1.82, 2.24) is 14.8 Å². The summed E-state index contributed by atoms with van der Waals surface area (Å²) in [6.45, 7) is 7.81. The fourth-order valence-electron chi connectivity index (χ4n) is 6.04. The van der Waals surface area contributed by atoms with Gasteiger partial charge in [0.2, 0.25) is 5.91 Å². The molecular weight excluding hydrogens is 515 g/mol. The number of benzene rings is 1. The van der Waals surface area contributed by atoms with E-state index in [1.54, 1.807) is 9.80 Å². The highest BCUT2D eigenvalue weighted by Crippen LogP contribution is 2.49. The van der Waals surface area contributed by atoms with Crippen molar-refractivity contribution in [3.8, 4) is 22.8 Å². The molecular formula is C27H28ClFN4O5. The Labute approximate surface area is 224 Å². The molecule has 1 spiro atoms. The Morgan fingerprint density at radius 3 is 2.76 bits per heavy atom. The summed E-state index contributed by atoms with van der Waals surface area (Å²) in [7, 11) is 0. The van der Waals surface area contributed by atoms with Crippen LogP contribution in [0.2, 0.25) is 5.02 Å². The number of amides is 2. The lowest BCUT2D eigenvalue weighted by Crippen LogP contribution is -2.57. The monoisotopic (exact) mass is 542 g/mol. The molecule has 4 aliphatic rings. The highest BCUT2D eigenvalue weighted by atomic mass is 35.5. The second-order valence-corrected chi connectivity index (χ2v) is 10.7. The third kappa shape index (κ3) is 3.80. The van der Waals surface area contributed by atoms with E-state index < -0.39 is 11.9 Å². The molecule has 11 heteroatoms. The summed E-state index contributed by atoms with van der Waals surface area (Å²) < 4.78 is 27.1. The number of aromatic hydroxyl groups is 1. The number of ether oxygens (including phenoxy) is 2. The van der Waals surface area contributed by atoms with Crippen LogP contribution in [-0.2, 0) is 9.53 Å². The fourth-order valence-corrected chi connectivity index (χ4v) is 6.32. The Morgan fingerprint density at radius 1 is 1.32 bits per heavy atom. The van der Waals surface area contributed by atoms with Crippen molar-refractivity contribution in [3.05, 3.63) is 47.3 Å². The third-order valence-electron chi connectivity index (χ3n) is 8.06. The minimum atomic E-state index is -0.700. The van der Waals surface area contributed by atoms with Crippen molar-refractivity contribution in [3.63, 3.8) is 0 Å². The number of phenols is 1. The molecule has 3 fully saturated rings. The number of anilines is 1. The second kappa shape index (κ2) is 9.13. The van der Waals surface area contributed by atoms with E-state index in [0.29, 0.717) is 32.1 Å². The van der Waals surface area contributed by atoms with Crippen LogP contribution in [-0.4, -0.2) is 88.8 Å². The first-order chi connectivity index (χ1) is 18.2. The summed E-state index contributed by atoms with van der Waals surface area (Å²) in [6, 6.07) is 3.52. The predicted octanol–water partition coefficient (Wildman–Crippen LogP) is 3.24. The van der Waals surface area contributed by atoms with Gasteiger partial charge in [-0.25, -0.2) is 9.37 Å². The van der Waals surface area contributed by atoms with Gasteiger partial charge < -0.3 is 29.3 Å². The van der Waals surface area contributed by atoms with Gasteiger partial charge in [0, 0.05) is 38.6 Å². The van der Waals surface area contributed by atoms with Crippen LogP contribution in [0, 0.1) is 5.82 Å². The van der Waals surface area contributed by atoms with Crippen LogP contribution in [0.25, 0.3) is 11.3 Å². The maximum absolute atomic E-state index is 15.0. The van der Waals surface area contributed by atoms with E-state index in [1.807, 2.05) is 11.8 Å². The van der Waals surface area contributed by atoms with Crippen LogP contribution in [0.3, 0.4) is 0 Å². The van der Waals surface area contributed by atoms with Crippen molar-refractivity contribution in [2.24, 2.45) is 0 Å². The first-order valence-electron chi connectivity index (χ1n) is 12.7. The van der Waals surface area contributed by atoms with Crippen molar-refractivity contribution in [2.45, 2.75) is 37.5 Å². The summed E-state index contributed by atoms with van der Waals surface area (Å²) in [5, 5.41) is 10.5. The van der Waals surface area contributed by atoms with E-state index in [2.05, 4.69) is 6.58 Å². The van der Waals surface area contributed by atoms with Crippen molar-refractivity contribution < 1.29 is 28.6 Å². The van der Waals surface area contributed by atoms with E-state index in [-0.39, 0.29) is 70.0 Å². The molecule has 38 heavy (non-hydrogen) atoms. The number of nitrogens with zero attached hydrogens (tertiary/aromatic N) is 4. The number of hydrogen-bond donors (Lipinski definition) is 1. The average Bonchev–Trinajstić information content (AvgIpc) is 3.18. The van der Waals surface area contributed by atoms with Crippen LogP contribution >= 0.6 is 11.6 Å². The summed E-state index contributed by atoms with van der Waals surface area (Å²) in [5.74, 6) is -1.14. The van der Waals surface area contributed by atoms with Gasteiger partial charge in [-0.15, -0.1) is 0 Å². The van der Waals surface area contributed by atoms with E-state index in [1.165, 1.54) is 24.3 Å². The number of aromatic nitrogens is 1. The van der Waals surface area contributed by atoms with Crippen LogP contribution in [0.5, 0.6) is 11.5 Å². The lowest BCUT2D eigenvalue weighted by molar-refractivity contribution is -0.132. The second-order valence-electron chi connectivity index (χ2n) is 10.4. The van der Waals surface area contributed by atoms with Crippen LogP contribution in [0.1, 0.15) is 30.1 Å².